The van der Waals surface area contributed by atoms with Gasteiger partial charge in [-0.2, -0.15) is 0 Å². The van der Waals surface area contributed by atoms with Crippen LogP contribution in [0.3, 0.4) is 0 Å². The van der Waals surface area contributed by atoms with Gasteiger partial charge in [-0.3, -0.25) is 0 Å². The zero-order chi connectivity index (χ0) is 19.7. The van der Waals surface area contributed by atoms with Crippen molar-refractivity contribution in [2.45, 2.75) is 45.4 Å². The second-order valence-corrected chi connectivity index (χ2v) is 13.7. The van der Waals surface area contributed by atoms with Crippen molar-refractivity contribution < 1.29 is 10.9 Å². The van der Waals surface area contributed by atoms with Crippen LogP contribution in [0.2, 0.25) is 10.0 Å². The molecule has 0 amide bonds. The average Bonchev–Trinajstić information content (AvgIpc) is 2.64. The van der Waals surface area contributed by atoms with Crippen LogP contribution in [0.5, 0.6) is 0 Å². The van der Waals surface area contributed by atoms with Crippen molar-refractivity contribution in [1.82, 2.24) is 0 Å². The summed E-state index contributed by atoms with van der Waals surface area (Å²) in [7, 11) is -3.59. The molecule has 0 aromatic heterocycles. The molecule has 0 bridgehead atoms. The Labute approximate surface area is 180 Å². The first-order valence-electron chi connectivity index (χ1n) is 9.05. The summed E-state index contributed by atoms with van der Waals surface area (Å²) in [6.45, 7) is 2.16. The molecule has 0 aliphatic heterocycles. The van der Waals surface area contributed by atoms with Gasteiger partial charge in [0.2, 0.25) is 0 Å². The Balaban J connectivity index is 2.09. The third-order valence-electron chi connectivity index (χ3n) is 3.91. The molecule has 2 rings (SSSR count). The maximum absolute atomic E-state index is 12.6. The summed E-state index contributed by atoms with van der Waals surface area (Å²) < 4.78 is 32.7. The molecule has 0 fully saturated rings. The van der Waals surface area contributed by atoms with Gasteiger partial charge in [0.25, 0.3) is 0 Å². The number of hydrogen-bond donors (Lipinski definition) is 0. The summed E-state index contributed by atoms with van der Waals surface area (Å²) in [5, 5.41) is 1.22. The van der Waals surface area contributed by atoms with Crippen LogP contribution < -0.4 is 0 Å². The summed E-state index contributed by atoms with van der Waals surface area (Å²) >= 11 is 9.35. The van der Waals surface area contributed by atoms with Gasteiger partial charge in [-0.15, -0.1) is 0 Å². The Hall–Kier alpha value is -0.340. The molecule has 150 valence electrons. The Morgan fingerprint density at radius 1 is 0.778 bits per heavy atom. The molecule has 0 N–H and O–H groups in total. The monoisotopic (exact) mass is 542 g/mol. The molecular weight excluding hydrogens is 518 g/mol. The minimum atomic E-state index is -3.59. The molecule has 0 aliphatic rings. The number of benzene rings is 2. The predicted octanol–water partition coefficient (Wildman–Crippen LogP) is 7.16. The van der Waals surface area contributed by atoms with Crippen LogP contribution in [-0.2, 0) is 12.6 Å². The standard InChI is InChI=1S/C20H25Cl2IO3S/c1-2-3-4-5-6-7-16-27(24,25)26-23(19-12-8-17(21)9-13-19)20-14-10-18(22)11-15-20/h8-15H,2-7,16H2,1H3. The van der Waals surface area contributed by atoms with Gasteiger partial charge in [0.05, 0.1) is 0 Å². The topological polar surface area (TPSA) is 43.4 Å². The third kappa shape index (κ3) is 8.28. The van der Waals surface area contributed by atoms with Gasteiger partial charge in [0, 0.05) is 0 Å². The van der Waals surface area contributed by atoms with Gasteiger partial charge in [-0.05, 0) is 0 Å². The van der Waals surface area contributed by atoms with Crippen molar-refractivity contribution in [1.29, 1.82) is 0 Å². The van der Waals surface area contributed by atoms with Gasteiger partial charge in [0.15, 0.2) is 0 Å². The fourth-order valence-electron chi connectivity index (χ4n) is 2.47. The zero-order valence-corrected chi connectivity index (χ0v) is 19.8. The second-order valence-electron chi connectivity index (χ2n) is 6.21. The summed E-state index contributed by atoms with van der Waals surface area (Å²) in [5.41, 5.74) is 0. The number of unbranched alkanes of at least 4 members (excludes halogenated alkanes) is 5. The molecular formula is C20H25Cl2IO3S. The number of hydrogen-bond acceptors (Lipinski definition) is 3. The first kappa shape index (κ1) is 22.9. The molecule has 0 saturated carbocycles. The normalized spacial score (nSPS) is 12.2. The van der Waals surface area contributed by atoms with E-state index in [0.717, 1.165) is 26.4 Å². The number of halogens is 3. The Bertz CT molecular complexity index is 747. The van der Waals surface area contributed by atoms with Crippen LogP contribution in [-0.4, -0.2) is 14.2 Å². The fourth-order valence-corrected chi connectivity index (χ4v) is 9.86. The molecule has 2 aromatic rings. The van der Waals surface area contributed by atoms with Crippen LogP contribution in [0.1, 0.15) is 45.4 Å². The Kier molecular flexibility index (Phi) is 9.87. The van der Waals surface area contributed by atoms with E-state index in [-0.39, 0.29) is 5.75 Å². The number of rotatable bonds is 11. The van der Waals surface area contributed by atoms with Crippen molar-refractivity contribution in [2.24, 2.45) is 0 Å². The molecule has 0 radical (unpaired) electrons. The van der Waals surface area contributed by atoms with Gasteiger partial charge in [-0.1, -0.05) is 0 Å². The molecule has 7 heteroatoms. The molecule has 3 nitrogen and oxygen atoms in total. The average molecular weight is 543 g/mol. The first-order valence-corrected chi connectivity index (χ1v) is 14.4. The van der Waals surface area contributed by atoms with Crippen molar-refractivity contribution >= 4 is 53.6 Å². The van der Waals surface area contributed by atoms with E-state index in [1.807, 2.05) is 24.3 Å². The van der Waals surface area contributed by atoms with Crippen LogP contribution in [0, 0.1) is 7.14 Å². The summed E-state index contributed by atoms with van der Waals surface area (Å²) in [4.78, 5) is 0. The van der Waals surface area contributed by atoms with Crippen molar-refractivity contribution in [3.63, 3.8) is 0 Å². The fraction of sp³-hybridized carbons (Fsp3) is 0.400. The van der Waals surface area contributed by atoms with Gasteiger partial charge in [0.1, 0.15) is 0 Å². The van der Waals surface area contributed by atoms with E-state index in [1.54, 1.807) is 24.3 Å². The van der Waals surface area contributed by atoms with Crippen molar-refractivity contribution in [3.05, 3.63) is 65.7 Å². The Morgan fingerprint density at radius 3 is 1.70 bits per heavy atom. The van der Waals surface area contributed by atoms with Crippen LogP contribution >= 0.6 is 43.4 Å². The minimum absolute atomic E-state index is 0.0638. The summed E-state index contributed by atoms with van der Waals surface area (Å²) in [5.74, 6) is 0.0638. The van der Waals surface area contributed by atoms with Crippen LogP contribution in [0.25, 0.3) is 0 Å². The van der Waals surface area contributed by atoms with Crippen molar-refractivity contribution in [3.8, 4) is 0 Å². The van der Waals surface area contributed by atoms with Crippen LogP contribution in [0.4, 0.5) is 0 Å². The van der Waals surface area contributed by atoms with E-state index in [2.05, 4.69) is 6.92 Å². The maximum atomic E-state index is 12.6. The molecule has 0 spiro atoms. The molecule has 0 atom stereocenters. The van der Waals surface area contributed by atoms with E-state index < -0.39 is 30.4 Å². The van der Waals surface area contributed by atoms with E-state index in [1.165, 1.54) is 12.8 Å². The first-order chi connectivity index (χ1) is 12.9. The second kappa shape index (κ2) is 11.6. The molecule has 0 heterocycles. The van der Waals surface area contributed by atoms with E-state index >= 15 is 0 Å². The molecule has 27 heavy (non-hydrogen) atoms. The van der Waals surface area contributed by atoms with E-state index in [4.69, 9.17) is 25.7 Å². The predicted molar refractivity (Wildman–Crippen MR) is 123 cm³/mol. The Morgan fingerprint density at radius 2 is 1.22 bits per heavy atom. The van der Waals surface area contributed by atoms with E-state index in [9.17, 15) is 8.42 Å². The summed E-state index contributed by atoms with van der Waals surface area (Å²) in [6, 6.07) is 14.5. The van der Waals surface area contributed by atoms with Crippen LogP contribution in [0.15, 0.2) is 48.5 Å². The van der Waals surface area contributed by atoms with E-state index in [0.29, 0.717) is 16.5 Å². The molecule has 0 aliphatic carbocycles. The quantitative estimate of drug-likeness (QED) is 0.223. The van der Waals surface area contributed by atoms with Gasteiger partial charge in [-0.25, -0.2) is 0 Å². The summed E-state index contributed by atoms with van der Waals surface area (Å²) in [6.07, 6.45) is 6.16. The SMILES string of the molecule is CCCCCCCCS(=O)(=O)OI(c1ccc(Cl)cc1)c1ccc(Cl)cc1. The van der Waals surface area contributed by atoms with Crippen molar-refractivity contribution in [2.75, 3.05) is 5.75 Å². The van der Waals surface area contributed by atoms with Gasteiger partial charge < -0.3 is 0 Å². The zero-order valence-electron chi connectivity index (χ0n) is 15.3. The third-order valence-corrected chi connectivity index (χ3v) is 11.9. The molecule has 0 unspecified atom stereocenters. The van der Waals surface area contributed by atoms with Gasteiger partial charge >= 0.3 is 181 Å². The molecule has 2 aromatic carbocycles. The molecule has 0 saturated heterocycles.